The summed E-state index contributed by atoms with van der Waals surface area (Å²) in [6, 6.07) is 0.328. The molecule has 0 spiro atoms. The van der Waals surface area contributed by atoms with Crippen molar-refractivity contribution in [1.29, 1.82) is 0 Å². The van der Waals surface area contributed by atoms with E-state index in [-0.39, 0.29) is 5.78 Å². The topological polar surface area (TPSA) is 49.3 Å². The van der Waals surface area contributed by atoms with Crippen LogP contribution in [0.5, 0.6) is 0 Å². The highest BCUT2D eigenvalue weighted by Gasteiger charge is 2.45. The standard InChI is InChI=1S/C7H13NO2/c1-5(9)7(10)3-6(4-7)8-2/h6,8,10H,3-4H2,1-2H3. The number of rotatable bonds is 2. The van der Waals surface area contributed by atoms with Crippen LogP contribution in [0.3, 0.4) is 0 Å². The Morgan fingerprint density at radius 1 is 1.70 bits per heavy atom. The zero-order chi connectivity index (χ0) is 7.78. The van der Waals surface area contributed by atoms with Gasteiger partial charge in [-0.2, -0.15) is 0 Å². The fraction of sp³-hybridized carbons (Fsp3) is 0.857. The summed E-state index contributed by atoms with van der Waals surface area (Å²) >= 11 is 0. The highest BCUT2D eigenvalue weighted by Crippen LogP contribution is 2.32. The van der Waals surface area contributed by atoms with Crippen molar-refractivity contribution in [3.8, 4) is 0 Å². The minimum Gasteiger partial charge on any atom is -0.382 e. The van der Waals surface area contributed by atoms with Gasteiger partial charge in [-0.3, -0.25) is 4.79 Å². The highest BCUT2D eigenvalue weighted by molar-refractivity contribution is 5.85. The molecule has 0 aromatic heterocycles. The quantitative estimate of drug-likeness (QED) is 0.557. The number of carbonyl (C=O) groups excluding carboxylic acids is 1. The number of nitrogens with one attached hydrogen (secondary N) is 1. The minimum absolute atomic E-state index is 0.112. The van der Waals surface area contributed by atoms with Crippen LogP contribution in [0.4, 0.5) is 0 Å². The Morgan fingerprint density at radius 2 is 2.20 bits per heavy atom. The van der Waals surface area contributed by atoms with E-state index in [0.29, 0.717) is 18.9 Å². The maximum Gasteiger partial charge on any atom is 0.161 e. The van der Waals surface area contributed by atoms with E-state index >= 15 is 0 Å². The smallest absolute Gasteiger partial charge is 0.161 e. The normalized spacial score (nSPS) is 38.9. The summed E-state index contributed by atoms with van der Waals surface area (Å²) in [5, 5.41) is 12.4. The molecule has 3 nitrogen and oxygen atoms in total. The molecule has 1 fully saturated rings. The third kappa shape index (κ3) is 1.07. The molecule has 0 atom stereocenters. The molecule has 0 heterocycles. The molecule has 1 saturated carbocycles. The van der Waals surface area contributed by atoms with Crippen molar-refractivity contribution < 1.29 is 9.90 Å². The second-order valence-corrected chi connectivity index (χ2v) is 2.98. The number of hydrogen-bond acceptors (Lipinski definition) is 3. The molecule has 0 unspecified atom stereocenters. The Labute approximate surface area is 60.4 Å². The molecule has 1 aliphatic rings. The van der Waals surface area contributed by atoms with E-state index in [4.69, 9.17) is 0 Å². The van der Waals surface area contributed by atoms with E-state index in [2.05, 4.69) is 5.32 Å². The van der Waals surface area contributed by atoms with Crippen LogP contribution in [0.15, 0.2) is 0 Å². The van der Waals surface area contributed by atoms with Gasteiger partial charge in [0.1, 0.15) is 5.60 Å². The first-order chi connectivity index (χ1) is 4.58. The predicted octanol–water partition coefficient (Wildman–Crippen LogP) is -0.312. The monoisotopic (exact) mass is 143 g/mol. The molecule has 3 heteroatoms. The molecule has 0 aromatic rings. The molecule has 0 aliphatic heterocycles. The Hall–Kier alpha value is -0.410. The van der Waals surface area contributed by atoms with Crippen LogP contribution >= 0.6 is 0 Å². The zero-order valence-corrected chi connectivity index (χ0v) is 6.35. The van der Waals surface area contributed by atoms with Crippen molar-refractivity contribution in [3.63, 3.8) is 0 Å². The summed E-state index contributed by atoms with van der Waals surface area (Å²) in [6.45, 7) is 1.44. The summed E-state index contributed by atoms with van der Waals surface area (Å²) in [5.41, 5.74) is -1.01. The number of aliphatic hydroxyl groups is 1. The summed E-state index contributed by atoms with van der Waals surface area (Å²) in [5.74, 6) is -0.112. The van der Waals surface area contributed by atoms with Crippen molar-refractivity contribution in [3.05, 3.63) is 0 Å². The van der Waals surface area contributed by atoms with Crippen molar-refractivity contribution in [2.45, 2.75) is 31.4 Å². The Bertz CT molecular complexity index is 150. The highest BCUT2D eigenvalue weighted by atomic mass is 16.3. The van der Waals surface area contributed by atoms with Gasteiger partial charge in [-0.15, -0.1) is 0 Å². The number of Topliss-reactive ketones (excluding diaryl/α,β-unsaturated/α-hetero) is 1. The van der Waals surface area contributed by atoms with E-state index in [1.807, 2.05) is 7.05 Å². The Kier molecular flexibility index (Phi) is 1.79. The van der Waals surface area contributed by atoms with Crippen LogP contribution in [0, 0.1) is 0 Å². The lowest BCUT2D eigenvalue weighted by molar-refractivity contribution is -0.146. The fourth-order valence-corrected chi connectivity index (χ4v) is 1.25. The lowest BCUT2D eigenvalue weighted by Gasteiger charge is -2.41. The van der Waals surface area contributed by atoms with Crippen molar-refractivity contribution in [2.75, 3.05) is 7.05 Å². The van der Waals surface area contributed by atoms with Gasteiger partial charge in [0.2, 0.25) is 0 Å². The molecular formula is C7H13NO2. The first-order valence-corrected chi connectivity index (χ1v) is 3.49. The van der Waals surface area contributed by atoms with Crippen LogP contribution in [-0.4, -0.2) is 29.6 Å². The van der Waals surface area contributed by atoms with Gasteiger partial charge in [-0.25, -0.2) is 0 Å². The van der Waals surface area contributed by atoms with E-state index < -0.39 is 5.60 Å². The van der Waals surface area contributed by atoms with Gasteiger partial charge < -0.3 is 10.4 Å². The van der Waals surface area contributed by atoms with Crippen molar-refractivity contribution in [1.82, 2.24) is 5.32 Å². The Morgan fingerprint density at radius 3 is 2.50 bits per heavy atom. The predicted molar refractivity (Wildman–Crippen MR) is 37.7 cm³/mol. The average molecular weight is 143 g/mol. The molecule has 1 rings (SSSR count). The molecule has 1 aliphatic carbocycles. The number of carbonyl (C=O) groups is 1. The van der Waals surface area contributed by atoms with E-state index in [0.717, 1.165) is 0 Å². The second-order valence-electron chi connectivity index (χ2n) is 2.98. The molecule has 0 radical (unpaired) electrons. The summed E-state index contributed by atoms with van der Waals surface area (Å²) < 4.78 is 0. The molecule has 10 heavy (non-hydrogen) atoms. The van der Waals surface area contributed by atoms with Crippen molar-refractivity contribution >= 4 is 5.78 Å². The lowest BCUT2D eigenvalue weighted by atomic mass is 9.73. The van der Waals surface area contributed by atoms with Gasteiger partial charge in [0.05, 0.1) is 0 Å². The van der Waals surface area contributed by atoms with Gasteiger partial charge in [0.15, 0.2) is 5.78 Å². The fourth-order valence-electron chi connectivity index (χ4n) is 1.25. The van der Waals surface area contributed by atoms with Crippen LogP contribution in [-0.2, 0) is 4.79 Å². The second kappa shape index (κ2) is 2.32. The van der Waals surface area contributed by atoms with Gasteiger partial charge in [-0.1, -0.05) is 0 Å². The first kappa shape index (κ1) is 7.69. The largest absolute Gasteiger partial charge is 0.382 e. The van der Waals surface area contributed by atoms with E-state index in [9.17, 15) is 9.90 Å². The van der Waals surface area contributed by atoms with E-state index in [1.165, 1.54) is 6.92 Å². The first-order valence-electron chi connectivity index (χ1n) is 3.49. The van der Waals surface area contributed by atoms with Gasteiger partial charge >= 0.3 is 0 Å². The average Bonchev–Trinajstić information content (AvgIpc) is 1.80. The third-order valence-electron chi connectivity index (χ3n) is 2.23. The van der Waals surface area contributed by atoms with Gasteiger partial charge in [0.25, 0.3) is 0 Å². The molecule has 0 amide bonds. The lowest BCUT2D eigenvalue weighted by Crippen LogP contribution is -2.56. The van der Waals surface area contributed by atoms with Crippen molar-refractivity contribution in [2.24, 2.45) is 0 Å². The SMILES string of the molecule is CNC1CC(O)(C(C)=O)C1. The summed E-state index contributed by atoms with van der Waals surface area (Å²) in [6.07, 6.45) is 1.14. The molecule has 0 bridgehead atoms. The third-order valence-corrected chi connectivity index (χ3v) is 2.23. The van der Waals surface area contributed by atoms with Crippen LogP contribution in [0.2, 0.25) is 0 Å². The number of hydrogen-bond donors (Lipinski definition) is 2. The Balaban J connectivity index is 2.42. The molecule has 2 N–H and O–H groups in total. The number of ketones is 1. The minimum atomic E-state index is -1.01. The maximum absolute atomic E-state index is 10.7. The van der Waals surface area contributed by atoms with Gasteiger partial charge in [0, 0.05) is 6.04 Å². The van der Waals surface area contributed by atoms with Crippen LogP contribution in [0.1, 0.15) is 19.8 Å². The summed E-state index contributed by atoms with van der Waals surface area (Å²) in [4.78, 5) is 10.7. The van der Waals surface area contributed by atoms with E-state index in [1.54, 1.807) is 0 Å². The molecule has 0 saturated heterocycles. The zero-order valence-electron chi connectivity index (χ0n) is 6.35. The molecular weight excluding hydrogens is 130 g/mol. The van der Waals surface area contributed by atoms with Gasteiger partial charge in [-0.05, 0) is 26.8 Å². The van der Waals surface area contributed by atoms with Crippen LogP contribution in [0.25, 0.3) is 0 Å². The maximum atomic E-state index is 10.7. The molecule has 0 aromatic carbocycles. The van der Waals surface area contributed by atoms with Crippen LogP contribution < -0.4 is 5.32 Å². The molecule has 58 valence electrons. The summed E-state index contributed by atoms with van der Waals surface area (Å²) in [7, 11) is 1.84.